The van der Waals surface area contributed by atoms with Crippen LogP contribution in [0.25, 0.3) is 0 Å². The van der Waals surface area contributed by atoms with E-state index in [0.717, 1.165) is 57.8 Å². The Morgan fingerprint density at radius 2 is 1.85 bits per heavy atom. The van der Waals surface area contributed by atoms with E-state index in [1.54, 1.807) is 17.1 Å². The van der Waals surface area contributed by atoms with Gasteiger partial charge in [-0.1, -0.05) is 51.2 Å². The van der Waals surface area contributed by atoms with Gasteiger partial charge in [-0.15, -0.1) is 13.2 Å². The Bertz CT molecular complexity index is 932. The molecule has 3 saturated heterocycles. The molecule has 0 aromatic rings. The number of hydrogen-bond acceptors (Lipinski definition) is 6. The highest BCUT2D eigenvalue weighted by molar-refractivity contribution is 5.98. The number of unbranched alkanes of at least 4 members (excludes halogenated alkanes) is 4. The number of aliphatic hydroxyl groups excluding tert-OH is 1. The minimum Gasteiger partial charge on any atom is -0.465 e. The predicted octanol–water partition coefficient (Wildman–Crippen LogP) is 4.55. The minimum absolute atomic E-state index is 0.0649. The lowest BCUT2D eigenvalue weighted by Gasteiger charge is -2.41. The van der Waals surface area contributed by atoms with Gasteiger partial charge in [0, 0.05) is 25.7 Å². The topological polar surface area (TPSA) is 96.4 Å². The number of likely N-dealkylation sites (tertiary alicyclic amines) is 1. The van der Waals surface area contributed by atoms with Crippen LogP contribution in [-0.4, -0.2) is 82.3 Å². The van der Waals surface area contributed by atoms with Crippen molar-refractivity contribution in [2.45, 2.75) is 120 Å². The quantitative estimate of drug-likeness (QED) is 0.170. The zero-order valence-corrected chi connectivity index (χ0v) is 24.5. The third-order valence-electron chi connectivity index (χ3n) is 9.90. The monoisotopic (exact) mass is 558 g/mol. The van der Waals surface area contributed by atoms with Gasteiger partial charge in [-0.2, -0.15) is 0 Å². The molecule has 3 heterocycles. The van der Waals surface area contributed by atoms with E-state index >= 15 is 0 Å². The van der Waals surface area contributed by atoms with Gasteiger partial charge in [-0.05, 0) is 57.8 Å². The molecule has 2 bridgehead atoms. The van der Waals surface area contributed by atoms with Gasteiger partial charge in [0.15, 0.2) is 0 Å². The van der Waals surface area contributed by atoms with Crippen molar-refractivity contribution in [2.75, 3.05) is 26.3 Å². The molecule has 40 heavy (non-hydrogen) atoms. The van der Waals surface area contributed by atoms with Crippen LogP contribution in [0.1, 0.15) is 96.8 Å². The summed E-state index contributed by atoms with van der Waals surface area (Å²) in [5.41, 5.74) is -1.80. The van der Waals surface area contributed by atoms with Crippen molar-refractivity contribution >= 4 is 17.8 Å². The molecule has 4 fully saturated rings. The molecule has 1 spiro atoms. The Balaban J connectivity index is 1.67. The van der Waals surface area contributed by atoms with Crippen LogP contribution in [0.3, 0.4) is 0 Å². The summed E-state index contributed by atoms with van der Waals surface area (Å²) < 4.78 is 12.6. The number of hydrogen-bond donors (Lipinski definition) is 1. The van der Waals surface area contributed by atoms with E-state index < -0.39 is 29.1 Å². The minimum atomic E-state index is -1.02. The van der Waals surface area contributed by atoms with E-state index in [0.29, 0.717) is 38.8 Å². The number of ether oxygens (including phenoxy) is 2. The van der Waals surface area contributed by atoms with E-state index in [9.17, 15) is 19.5 Å². The van der Waals surface area contributed by atoms with E-state index in [4.69, 9.17) is 9.47 Å². The van der Waals surface area contributed by atoms with Crippen LogP contribution in [0.4, 0.5) is 0 Å². The molecule has 2 unspecified atom stereocenters. The highest BCUT2D eigenvalue weighted by Gasteiger charge is 2.79. The maximum atomic E-state index is 14.6. The van der Waals surface area contributed by atoms with E-state index in [2.05, 4.69) is 13.2 Å². The molecule has 0 aromatic heterocycles. The highest BCUT2D eigenvalue weighted by Crippen LogP contribution is 2.64. The first-order valence-corrected chi connectivity index (χ1v) is 15.7. The third kappa shape index (κ3) is 5.63. The number of allylic oxidation sites excluding steroid dienone is 1. The van der Waals surface area contributed by atoms with E-state index in [-0.39, 0.29) is 37.0 Å². The first kappa shape index (κ1) is 30.8. The van der Waals surface area contributed by atoms with Gasteiger partial charge in [0.1, 0.15) is 17.6 Å². The van der Waals surface area contributed by atoms with Crippen LogP contribution in [0, 0.1) is 11.8 Å². The lowest BCUT2D eigenvalue weighted by atomic mass is 9.65. The molecule has 4 rings (SSSR count). The Hall–Kier alpha value is -2.19. The molecule has 5 atom stereocenters. The smallest absolute Gasteiger partial charge is 0.312 e. The predicted molar refractivity (Wildman–Crippen MR) is 153 cm³/mol. The fourth-order valence-electron chi connectivity index (χ4n) is 7.94. The molecule has 224 valence electrons. The first-order valence-electron chi connectivity index (χ1n) is 15.7. The normalized spacial score (nSPS) is 31.3. The van der Waals surface area contributed by atoms with Crippen molar-refractivity contribution in [2.24, 2.45) is 11.8 Å². The maximum Gasteiger partial charge on any atom is 0.312 e. The van der Waals surface area contributed by atoms with Crippen LogP contribution in [0.15, 0.2) is 25.3 Å². The summed E-state index contributed by atoms with van der Waals surface area (Å²) in [5.74, 6) is -2.01. The summed E-state index contributed by atoms with van der Waals surface area (Å²) in [6.45, 7) is 11.0. The highest BCUT2D eigenvalue weighted by atomic mass is 16.6. The van der Waals surface area contributed by atoms with Gasteiger partial charge >= 0.3 is 5.97 Å². The van der Waals surface area contributed by atoms with Crippen LogP contribution in [-0.2, 0) is 23.9 Å². The molecule has 1 aliphatic carbocycles. The summed E-state index contributed by atoms with van der Waals surface area (Å²) in [6.07, 6.45) is 15.3. The van der Waals surface area contributed by atoms with Crippen LogP contribution >= 0.6 is 0 Å². The van der Waals surface area contributed by atoms with Gasteiger partial charge in [0.05, 0.1) is 18.1 Å². The van der Waals surface area contributed by atoms with Gasteiger partial charge in [0.25, 0.3) is 0 Å². The average Bonchev–Trinajstić information content (AvgIpc) is 3.57. The van der Waals surface area contributed by atoms with Crippen LogP contribution < -0.4 is 0 Å². The number of esters is 1. The Morgan fingerprint density at radius 3 is 2.52 bits per heavy atom. The molecule has 0 radical (unpaired) electrons. The molecule has 8 heteroatoms. The van der Waals surface area contributed by atoms with Gasteiger partial charge < -0.3 is 24.4 Å². The second-order valence-electron chi connectivity index (χ2n) is 12.2. The number of carbonyl (C=O) groups is 3. The summed E-state index contributed by atoms with van der Waals surface area (Å²) in [6, 6.07) is -0.628. The summed E-state index contributed by atoms with van der Waals surface area (Å²) in [4.78, 5) is 46.2. The number of carbonyl (C=O) groups excluding carboxylic acids is 3. The number of rotatable bonds is 16. The number of nitrogens with zero attached hydrogens (tertiary/aromatic N) is 2. The lowest BCUT2D eigenvalue weighted by Crippen LogP contribution is -2.58. The van der Waals surface area contributed by atoms with Crippen molar-refractivity contribution in [3.8, 4) is 0 Å². The second-order valence-corrected chi connectivity index (χ2v) is 12.2. The molecule has 4 aliphatic rings. The molecular weight excluding hydrogens is 508 g/mol. The fourth-order valence-corrected chi connectivity index (χ4v) is 7.94. The van der Waals surface area contributed by atoms with Crippen molar-refractivity contribution in [3.05, 3.63) is 25.3 Å². The Kier molecular flexibility index (Phi) is 10.5. The summed E-state index contributed by atoms with van der Waals surface area (Å²) >= 11 is 0. The summed E-state index contributed by atoms with van der Waals surface area (Å²) in [5, 5.41) is 9.18. The maximum absolute atomic E-state index is 14.6. The Labute approximate surface area is 240 Å². The molecule has 3 aliphatic heterocycles. The molecule has 8 nitrogen and oxygen atoms in total. The Morgan fingerprint density at radius 1 is 1.10 bits per heavy atom. The molecule has 2 amide bonds. The summed E-state index contributed by atoms with van der Waals surface area (Å²) in [7, 11) is 0. The molecule has 1 saturated carbocycles. The molecule has 1 N–H and O–H groups in total. The van der Waals surface area contributed by atoms with Crippen molar-refractivity contribution in [1.29, 1.82) is 0 Å². The molecule has 0 aromatic carbocycles. The standard InChI is InChI=1S/C32H50N2O6/c1-4-7-15-23-39-30(38)26-25-28(36)34(21-13-8-9-14-22-35)27(32(25)19-18-31(26,6-3)40-32)29(37)33(20-5-2)24-16-11-10-12-17-24/h4-5,24-27,35H,1-2,6-23H2,3H3/t25-,26+,27?,31-,32?/m0/s1. The van der Waals surface area contributed by atoms with E-state index in [1.807, 2.05) is 11.8 Å². The van der Waals surface area contributed by atoms with Gasteiger partial charge in [-0.25, -0.2) is 0 Å². The largest absolute Gasteiger partial charge is 0.465 e. The third-order valence-corrected chi connectivity index (χ3v) is 9.90. The van der Waals surface area contributed by atoms with Crippen molar-refractivity contribution in [3.63, 3.8) is 0 Å². The lowest BCUT2D eigenvalue weighted by molar-refractivity contribution is -0.162. The zero-order valence-electron chi connectivity index (χ0n) is 24.5. The number of fused-ring (bicyclic) bond motifs is 1. The molecular formula is C32H50N2O6. The van der Waals surface area contributed by atoms with Gasteiger partial charge in [-0.3, -0.25) is 14.4 Å². The van der Waals surface area contributed by atoms with Crippen LogP contribution in [0.5, 0.6) is 0 Å². The number of amides is 2. The van der Waals surface area contributed by atoms with E-state index in [1.165, 1.54) is 6.42 Å². The van der Waals surface area contributed by atoms with Gasteiger partial charge in [0.2, 0.25) is 11.8 Å². The first-order chi connectivity index (χ1) is 19.4. The fraction of sp³-hybridized carbons (Fsp3) is 0.781. The van der Waals surface area contributed by atoms with Crippen molar-refractivity contribution < 1.29 is 29.0 Å². The second kappa shape index (κ2) is 13.6. The SMILES string of the molecule is C=CCCCOC(=O)[C@H]1[C@H]2C(=O)N(CCCCCCO)C(C(=O)N(CC=C)C3CCCCC3)C23CC[C@]1(CC)O3. The van der Waals surface area contributed by atoms with Crippen LogP contribution in [0.2, 0.25) is 0 Å². The average molecular weight is 559 g/mol. The zero-order chi connectivity index (χ0) is 28.8. The number of aliphatic hydroxyl groups is 1. The van der Waals surface area contributed by atoms with Crippen molar-refractivity contribution in [1.82, 2.24) is 9.80 Å².